The fourth-order valence-electron chi connectivity index (χ4n) is 4.71. The largest absolute Gasteiger partial charge is 0.507 e. The Morgan fingerprint density at radius 3 is 2.33 bits per heavy atom. The maximum absolute atomic E-state index is 13.3. The van der Waals surface area contributed by atoms with Crippen LogP contribution in [0.15, 0.2) is 101 Å². The van der Waals surface area contributed by atoms with Crippen LogP contribution in [0.25, 0.3) is 5.76 Å². The van der Waals surface area contributed by atoms with Gasteiger partial charge in [-0.15, -0.1) is 0 Å². The second-order valence-corrected chi connectivity index (χ2v) is 9.42. The summed E-state index contributed by atoms with van der Waals surface area (Å²) >= 11 is 0. The monoisotopic (exact) mass is 537 g/mol. The highest BCUT2D eigenvalue weighted by atomic mass is 16.5. The normalized spacial score (nSPS) is 16.2. The van der Waals surface area contributed by atoms with Gasteiger partial charge in [-0.25, -0.2) is 4.79 Å². The molecule has 1 aliphatic heterocycles. The molecule has 3 aromatic carbocycles. The van der Waals surface area contributed by atoms with Gasteiger partial charge in [0, 0.05) is 5.56 Å². The van der Waals surface area contributed by atoms with Gasteiger partial charge in [-0.2, -0.15) is 0 Å². The summed E-state index contributed by atoms with van der Waals surface area (Å²) in [5.74, 6) is -1.34. The predicted octanol–water partition coefficient (Wildman–Crippen LogP) is 5.58. The third-order valence-electron chi connectivity index (χ3n) is 6.71. The number of furan rings is 1. The molecule has 1 saturated heterocycles. The first-order valence-electron chi connectivity index (χ1n) is 12.6. The molecule has 0 radical (unpaired) electrons. The Kier molecular flexibility index (Phi) is 7.50. The molecule has 1 atom stereocenters. The van der Waals surface area contributed by atoms with E-state index in [1.165, 1.54) is 18.3 Å². The summed E-state index contributed by atoms with van der Waals surface area (Å²) in [5, 5.41) is 11.3. The summed E-state index contributed by atoms with van der Waals surface area (Å²) in [6, 6.07) is 23.5. The summed E-state index contributed by atoms with van der Waals surface area (Å²) in [6.45, 7) is 2.41. The number of hydrogen-bond acceptors (Lipinski definition) is 7. The smallest absolute Gasteiger partial charge is 0.337 e. The average molecular weight is 538 g/mol. The minimum atomic E-state index is -0.908. The number of hydrogen-bond donors (Lipinski definition) is 1. The van der Waals surface area contributed by atoms with E-state index in [4.69, 9.17) is 13.9 Å². The molecule has 202 valence electrons. The molecule has 1 N–H and O–H groups in total. The molecule has 4 aromatic rings. The number of nitrogens with zero attached hydrogens (tertiary/aromatic N) is 1. The number of benzene rings is 3. The van der Waals surface area contributed by atoms with Gasteiger partial charge in [0.15, 0.2) is 0 Å². The second-order valence-electron chi connectivity index (χ2n) is 9.42. The number of rotatable bonds is 8. The molecule has 2 heterocycles. The first kappa shape index (κ1) is 26.5. The molecule has 5 rings (SSSR count). The van der Waals surface area contributed by atoms with Crippen molar-refractivity contribution in [2.75, 3.05) is 7.11 Å². The van der Waals surface area contributed by atoms with Crippen molar-refractivity contribution in [2.45, 2.75) is 26.1 Å². The Balaban J connectivity index is 1.47. The van der Waals surface area contributed by atoms with Crippen LogP contribution < -0.4 is 4.74 Å². The van der Waals surface area contributed by atoms with E-state index in [1.807, 2.05) is 31.2 Å². The number of aliphatic hydroxyl groups excluding tert-OH is 1. The van der Waals surface area contributed by atoms with Crippen molar-refractivity contribution >= 4 is 23.4 Å². The van der Waals surface area contributed by atoms with Crippen molar-refractivity contribution in [3.8, 4) is 5.75 Å². The third kappa shape index (κ3) is 5.37. The van der Waals surface area contributed by atoms with E-state index >= 15 is 0 Å². The zero-order valence-corrected chi connectivity index (χ0v) is 22.0. The first-order chi connectivity index (χ1) is 19.4. The van der Waals surface area contributed by atoms with E-state index in [9.17, 15) is 19.5 Å². The van der Waals surface area contributed by atoms with Crippen molar-refractivity contribution in [1.29, 1.82) is 0 Å². The SMILES string of the molecule is COC(=O)c1ccc(C2C(=C(O)c3ccc(OCc4cccc(C)c4)cc3)C(=O)C(=O)N2Cc2ccco2)cc1. The number of methoxy groups -OCH3 is 1. The van der Waals surface area contributed by atoms with Gasteiger partial charge in [-0.05, 0) is 66.6 Å². The highest BCUT2D eigenvalue weighted by molar-refractivity contribution is 6.46. The minimum Gasteiger partial charge on any atom is -0.507 e. The van der Waals surface area contributed by atoms with Gasteiger partial charge in [-0.3, -0.25) is 9.59 Å². The van der Waals surface area contributed by atoms with Crippen LogP contribution >= 0.6 is 0 Å². The lowest BCUT2D eigenvalue weighted by atomic mass is 9.94. The molecule has 1 fully saturated rings. The van der Waals surface area contributed by atoms with E-state index in [-0.39, 0.29) is 17.9 Å². The maximum atomic E-state index is 13.3. The second kappa shape index (κ2) is 11.3. The molecule has 1 aliphatic rings. The van der Waals surface area contributed by atoms with Crippen molar-refractivity contribution < 1.29 is 33.4 Å². The van der Waals surface area contributed by atoms with Crippen LogP contribution in [0.3, 0.4) is 0 Å². The summed E-state index contributed by atoms with van der Waals surface area (Å²) in [5.41, 5.74) is 3.32. The number of aliphatic hydroxyl groups is 1. The molecule has 0 aliphatic carbocycles. The average Bonchev–Trinajstić information content (AvgIpc) is 3.58. The Labute approximate surface area is 231 Å². The highest BCUT2D eigenvalue weighted by Gasteiger charge is 2.46. The van der Waals surface area contributed by atoms with Gasteiger partial charge in [-0.1, -0.05) is 42.0 Å². The Bertz CT molecular complexity index is 1570. The lowest BCUT2D eigenvalue weighted by Gasteiger charge is -2.24. The quantitative estimate of drug-likeness (QED) is 0.135. The zero-order valence-electron chi connectivity index (χ0n) is 22.0. The van der Waals surface area contributed by atoms with E-state index in [0.717, 1.165) is 11.1 Å². The van der Waals surface area contributed by atoms with Crippen molar-refractivity contribution in [3.05, 3.63) is 130 Å². The summed E-state index contributed by atoms with van der Waals surface area (Å²) < 4.78 is 16.1. The molecule has 0 saturated carbocycles. The topological polar surface area (TPSA) is 106 Å². The van der Waals surface area contributed by atoms with Gasteiger partial charge in [0.25, 0.3) is 11.7 Å². The predicted molar refractivity (Wildman–Crippen MR) is 146 cm³/mol. The number of carbonyl (C=O) groups excluding carboxylic acids is 3. The molecular weight excluding hydrogens is 510 g/mol. The Morgan fingerprint density at radius 1 is 0.950 bits per heavy atom. The van der Waals surface area contributed by atoms with Crippen LogP contribution in [0.2, 0.25) is 0 Å². The van der Waals surface area contributed by atoms with Crippen LogP contribution in [0.5, 0.6) is 5.75 Å². The molecule has 40 heavy (non-hydrogen) atoms. The molecule has 8 heteroatoms. The summed E-state index contributed by atoms with van der Waals surface area (Å²) in [7, 11) is 1.29. The number of ketones is 1. The summed E-state index contributed by atoms with van der Waals surface area (Å²) in [6.07, 6.45) is 1.48. The number of amides is 1. The first-order valence-corrected chi connectivity index (χ1v) is 12.6. The van der Waals surface area contributed by atoms with Gasteiger partial charge in [0.1, 0.15) is 23.9 Å². The van der Waals surface area contributed by atoms with Crippen LogP contribution in [-0.2, 0) is 27.5 Å². The van der Waals surface area contributed by atoms with E-state index < -0.39 is 23.7 Å². The fraction of sp³-hybridized carbons (Fsp3) is 0.156. The zero-order chi connectivity index (χ0) is 28.2. The molecule has 1 amide bonds. The standard InChI is InChI=1S/C32H27NO7/c1-20-5-3-6-21(17-20)19-40-25-14-12-23(13-15-25)29(34)27-28(22-8-10-24(11-9-22)32(37)38-2)33(31(36)30(27)35)18-26-7-4-16-39-26/h3-17,28,34H,18-19H2,1-2H3. The van der Waals surface area contributed by atoms with Crippen molar-refractivity contribution in [2.24, 2.45) is 0 Å². The lowest BCUT2D eigenvalue weighted by Crippen LogP contribution is -2.29. The molecule has 1 aromatic heterocycles. The molecule has 1 unspecified atom stereocenters. The van der Waals surface area contributed by atoms with E-state index in [2.05, 4.69) is 0 Å². The molecule has 0 bridgehead atoms. The van der Waals surface area contributed by atoms with Crippen LogP contribution in [-0.4, -0.2) is 34.8 Å². The lowest BCUT2D eigenvalue weighted by molar-refractivity contribution is -0.140. The minimum absolute atomic E-state index is 0.0174. The maximum Gasteiger partial charge on any atom is 0.337 e. The van der Waals surface area contributed by atoms with E-state index in [0.29, 0.717) is 34.8 Å². The molecule has 8 nitrogen and oxygen atoms in total. The fourth-order valence-corrected chi connectivity index (χ4v) is 4.71. The van der Waals surface area contributed by atoms with Crippen LogP contribution in [0, 0.1) is 6.92 Å². The Morgan fingerprint density at radius 2 is 1.68 bits per heavy atom. The number of aryl methyl sites for hydroxylation is 1. The number of carbonyl (C=O) groups is 3. The summed E-state index contributed by atoms with van der Waals surface area (Å²) in [4.78, 5) is 39.7. The number of ether oxygens (including phenoxy) is 2. The third-order valence-corrected chi connectivity index (χ3v) is 6.71. The van der Waals surface area contributed by atoms with Gasteiger partial charge in [0.05, 0.1) is 37.1 Å². The number of esters is 1. The van der Waals surface area contributed by atoms with Crippen LogP contribution in [0.4, 0.5) is 0 Å². The highest BCUT2D eigenvalue weighted by Crippen LogP contribution is 2.40. The molecule has 0 spiro atoms. The van der Waals surface area contributed by atoms with Gasteiger partial charge >= 0.3 is 5.97 Å². The number of likely N-dealkylation sites (tertiary alicyclic amines) is 1. The van der Waals surface area contributed by atoms with Crippen molar-refractivity contribution in [3.63, 3.8) is 0 Å². The molecular formula is C32H27NO7. The number of Topliss-reactive ketones (excluding diaryl/α,β-unsaturated/α-hetero) is 1. The van der Waals surface area contributed by atoms with Crippen molar-refractivity contribution in [1.82, 2.24) is 4.90 Å². The van der Waals surface area contributed by atoms with Crippen LogP contribution in [0.1, 0.15) is 44.4 Å². The Hall–Kier alpha value is -5.11. The van der Waals surface area contributed by atoms with E-state index in [1.54, 1.807) is 60.7 Å². The van der Waals surface area contributed by atoms with Gasteiger partial charge < -0.3 is 23.9 Å². The van der Waals surface area contributed by atoms with Gasteiger partial charge in [0.2, 0.25) is 0 Å².